The molecule has 1 saturated carbocycles. The van der Waals surface area contributed by atoms with Crippen LogP contribution in [0.4, 0.5) is 0 Å². The predicted octanol–water partition coefficient (Wildman–Crippen LogP) is 3.27. The fourth-order valence-corrected chi connectivity index (χ4v) is 3.77. The highest BCUT2D eigenvalue weighted by molar-refractivity contribution is 5.11. The number of hydrogen-bond acceptors (Lipinski definition) is 2. The molecule has 0 saturated heterocycles. The number of aromatic nitrogens is 2. The maximum absolute atomic E-state index is 11.2. The zero-order valence-electron chi connectivity index (χ0n) is 12.8. The van der Waals surface area contributed by atoms with Crippen LogP contribution in [0.5, 0.6) is 0 Å². The molecule has 2 rings (SSSR count). The molecule has 0 aromatic carbocycles. The third-order valence-corrected chi connectivity index (χ3v) is 4.69. The second kappa shape index (κ2) is 5.66. The van der Waals surface area contributed by atoms with Gasteiger partial charge in [-0.25, -0.2) is 0 Å². The molecule has 3 nitrogen and oxygen atoms in total. The molecule has 0 radical (unpaired) electrons. The first-order valence-electron chi connectivity index (χ1n) is 7.68. The Balaban J connectivity index is 2.16. The van der Waals surface area contributed by atoms with Gasteiger partial charge in [-0.3, -0.25) is 4.68 Å². The van der Waals surface area contributed by atoms with Gasteiger partial charge in [-0.1, -0.05) is 27.2 Å². The van der Waals surface area contributed by atoms with Crippen LogP contribution in [0.25, 0.3) is 0 Å². The first kappa shape index (κ1) is 14.6. The lowest BCUT2D eigenvalue weighted by atomic mass is 9.65. The summed E-state index contributed by atoms with van der Waals surface area (Å²) in [4.78, 5) is 0. The second-order valence-electron chi connectivity index (χ2n) is 6.72. The highest BCUT2D eigenvalue weighted by Crippen LogP contribution is 2.42. The summed E-state index contributed by atoms with van der Waals surface area (Å²) in [5.74, 6) is 1.58. The maximum Gasteiger partial charge on any atom is 0.0722 e. The predicted molar refractivity (Wildman–Crippen MR) is 77.9 cm³/mol. The molecule has 19 heavy (non-hydrogen) atoms. The molecular weight excluding hydrogens is 236 g/mol. The molecule has 108 valence electrons. The molecule has 1 fully saturated rings. The number of hydrogen-bond donors (Lipinski definition) is 1. The number of aliphatic hydroxyl groups is 1. The van der Waals surface area contributed by atoms with Gasteiger partial charge < -0.3 is 5.11 Å². The van der Waals surface area contributed by atoms with E-state index in [0.717, 1.165) is 25.8 Å². The van der Waals surface area contributed by atoms with E-state index in [1.165, 1.54) is 12.0 Å². The Morgan fingerprint density at radius 3 is 2.79 bits per heavy atom. The van der Waals surface area contributed by atoms with Gasteiger partial charge in [0.2, 0.25) is 0 Å². The molecule has 3 unspecified atom stereocenters. The van der Waals surface area contributed by atoms with Gasteiger partial charge in [-0.2, -0.15) is 5.10 Å². The number of aryl methyl sites for hydroxylation is 1. The third kappa shape index (κ3) is 3.19. The lowest BCUT2D eigenvalue weighted by molar-refractivity contribution is -0.0795. The van der Waals surface area contributed by atoms with Crippen molar-refractivity contribution in [2.75, 3.05) is 0 Å². The SMILES string of the molecule is CCn1cc(CC2(O)CC(C)CCC2C(C)C)cn1. The normalized spacial score (nSPS) is 31.9. The van der Waals surface area contributed by atoms with Crippen molar-refractivity contribution in [3.05, 3.63) is 18.0 Å². The zero-order chi connectivity index (χ0) is 14.0. The van der Waals surface area contributed by atoms with Gasteiger partial charge in [0.05, 0.1) is 11.8 Å². The Morgan fingerprint density at radius 1 is 1.47 bits per heavy atom. The van der Waals surface area contributed by atoms with Gasteiger partial charge in [0.1, 0.15) is 0 Å². The average Bonchev–Trinajstić information content (AvgIpc) is 2.75. The molecule has 0 spiro atoms. The maximum atomic E-state index is 11.2. The van der Waals surface area contributed by atoms with E-state index in [2.05, 4.69) is 39.0 Å². The van der Waals surface area contributed by atoms with Crippen LogP contribution in [0.3, 0.4) is 0 Å². The minimum absolute atomic E-state index is 0.411. The molecule has 0 amide bonds. The topological polar surface area (TPSA) is 38.0 Å². The minimum Gasteiger partial charge on any atom is -0.389 e. The average molecular weight is 264 g/mol. The Labute approximate surface area is 117 Å². The lowest BCUT2D eigenvalue weighted by Crippen LogP contribution is -2.47. The van der Waals surface area contributed by atoms with Crippen molar-refractivity contribution in [3.8, 4) is 0 Å². The van der Waals surface area contributed by atoms with Crippen LogP contribution in [0.1, 0.15) is 52.5 Å². The van der Waals surface area contributed by atoms with Gasteiger partial charge >= 0.3 is 0 Å². The van der Waals surface area contributed by atoms with Crippen LogP contribution >= 0.6 is 0 Å². The van der Waals surface area contributed by atoms with Gasteiger partial charge in [-0.05, 0) is 43.1 Å². The first-order valence-corrected chi connectivity index (χ1v) is 7.68. The van der Waals surface area contributed by atoms with Crippen molar-refractivity contribution >= 4 is 0 Å². The van der Waals surface area contributed by atoms with Crippen molar-refractivity contribution in [2.24, 2.45) is 17.8 Å². The summed E-state index contributed by atoms with van der Waals surface area (Å²) in [5, 5.41) is 15.5. The second-order valence-corrected chi connectivity index (χ2v) is 6.72. The Kier molecular flexibility index (Phi) is 4.34. The van der Waals surface area contributed by atoms with Crippen molar-refractivity contribution < 1.29 is 5.11 Å². The number of nitrogens with zero attached hydrogens (tertiary/aromatic N) is 2. The number of rotatable bonds is 4. The molecule has 0 aliphatic heterocycles. The molecule has 1 aromatic rings. The van der Waals surface area contributed by atoms with E-state index in [1.54, 1.807) is 0 Å². The molecule has 0 bridgehead atoms. The first-order chi connectivity index (χ1) is 8.94. The molecular formula is C16H28N2O. The minimum atomic E-state index is -0.548. The summed E-state index contributed by atoms with van der Waals surface area (Å²) in [5.41, 5.74) is 0.622. The van der Waals surface area contributed by atoms with Crippen LogP contribution in [-0.2, 0) is 13.0 Å². The van der Waals surface area contributed by atoms with Crippen molar-refractivity contribution in [1.29, 1.82) is 0 Å². The molecule has 1 aliphatic carbocycles. The Morgan fingerprint density at radius 2 is 2.21 bits per heavy atom. The summed E-state index contributed by atoms with van der Waals surface area (Å²) in [6, 6.07) is 0. The molecule has 1 aliphatic rings. The smallest absolute Gasteiger partial charge is 0.0722 e. The monoisotopic (exact) mass is 264 g/mol. The molecule has 1 N–H and O–H groups in total. The van der Waals surface area contributed by atoms with E-state index >= 15 is 0 Å². The highest BCUT2D eigenvalue weighted by atomic mass is 16.3. The summed E-state index contributed by atoms with van der Waals surface area (Å²) in [6.45, 7) is 9.71. The third-order valence-electron chi connectivity index (χ3n) is 4.69. The summed E-state index contributed by atoms with van der Waals surface area (Å²) in [6.07, 6.45) is 8.07. The van der Waals surface area contributed by atoms with E-state index in [9.17, 15) is 5.11 Å². The van der Waals surface area contributed by atoms with E-state index in [4.69, 9.17) is 0 Å². The van der Waals surface area contributed by atoms with Crippen LogP contribution in [0.15, 0.2) is 12.4 Å². The van der Waals surface area contributed by atoms with Crippen molar-refractivity contribution in [1.82, 2.24) is 9.78 Å². The standard InChI is InChI=1S/C16H28N2O/c1-5-18-11-14(10-17-18)9-16(19)8-13(4)6-7-15(16)12(2)3/h10-13,15,19H,5-9H2,1-4H3. The summed E-state index contributed by atoms with van der Waals surface area (Å²) < 4.78 is 1.94. The van der Waals surface area contributed by atoms with Crippen molar-refractivity contribution in [2.45, 2.75) is 65.5 Å². The largest absolute Gasteiger partial charge is 0.389 e. The van der Waals surface area contributed by atoms with Gasteiger partial charge in [0.25, 0.3) is 0 Å². The van der Waals surface area contributed by atoms with Gasteiger partial charge in [0.15, 0.2) is 0 Å². The van der Waals surface area contributed by atoms with E-state index < -0.39 is 5.60 Å². The molecule has 3 heteroatoms. The molecule has 1 aromatic heterocycles. The van der Waals surface area contributed by atoms with Gasteiger partial charge in [-0.15, -0.1) is 0 Å². The molecule has 1 heterocycles. The van der Waals surface area contributed by atoms with Crippen molar-refractivity contribution in [3.63, 3.8) is 0 Å². The summed E-state index contributed by atoms with van der Waals surface area (Å²) in [7, 11) is 0. The van der Waals surface area contributed by atoms with Gasteiger partial charge in [0, 0.05) is 19.2 Å². The fraction of sp³-hybridized carbons (Fsp3) is 0.812. The van der Waals surface area contributed by atoms with Crippen LogP contribution in [-0.4, -0.2) is 20.5 Å². The van der Waals surface area contributed by atoms with E-state index in [0.29, 0.717) is 17.8 Å². The lowest BCUT2D eigenvalue weighted by Gasteiger charge is -2.44. The Bertz CT molecular complexity index is 413. The highest BCUT2D eigenvalue weighted by Gasteiger charge is 2.42. The quantitative estimate of drug-likeness (QED) is 0.906. The fourth-order valence-electron chi connectivity index (χ4n) is 3.77. The summed E-state index contributed by atoms with van der Waals surface area (Å²) >= 11 is 0. The zero-order valence-corrected chi connectivity index (χ0v) is 12.8. The van der Waals surface area contributed by atoms with E-state index in [1.807, 2.05) is 10.9 Å². The van der Waals surface area contributed by atoms with E-state index in [-0.39, 0.29) is 0 Å². The molecule has 3 atom stereocenters. The Hall–Kier alpha value is -0.830. The van der Waals surface area contributed by atoms with Crippen LogP contribution < -0.4 is 0 Å². The van der Waals surface area contributed by atoms with Crippen LogP contribution in [0.2, 0.25) is 0 Å². The van der Waals surface area contributed by atoms with Crippen LogP contribution in [0, 0.1) is 17.8 Å².